The molecule has 2 aromatic heterocycles. The minimum Gasteiger partial charge on any atom is -0.496 e. The van der Waals surface area contributed by atoms with Crippen molar-refractivity contribution in [3.8, 4) is 5.75 Å². The van der Waals surface area contributed by atoms with Crippen molar-refractivity contribution in [2.75, 3.05) is 12.4 Å². The first kappa shape index (κ1) is 20.7. The highest BCUT2D eigenvalue weighted by atomic mass is 16.5. The Labute approximate surface area is 168 Å². The van der Waals surface area contributed by atoms with Gasteiger partial charge in [-0.3, -0.25) is 13.9 Å². The lowest BCUT2D eigenvalue weighted by Crippen LogP contribution is -2.39. The first-order valence-corrected chi connectivity index (χ1v) is 9.65. The molecule has 0 radical (unpaired) electrons. The number of H-pyrrole nitrogens is 1. The highest BCUT2D eigenvalue weighted by Gasteiger charge is 2.15. The van der Waals surface area contributed by atoms with Crippen LogP contribution >= 0.6 is 0 Å². The van der Waals surface area contributed by atoms with E-state index in [1.54, 1.807) is 21.1 Å². The third-order valence-electron chi connectivity index (χ3n) is 4.87. The van der Waals surface area contributed by atoms with E-state index in [1.165, 1.54) is 9.13 Å². The monoisotopic (exact) mass is 401 g/mol. The summed E-state index contributed by atoms with van der Waals surface area (Å²) < 4.78 is 7.92. The van der Waals surface area contributed by atoms with E-state index in [1.807, 2.05) is 24.3 Å². The van der Waals surface area contributed by atoms with Gasteiger partial charge in [0.15, 0.2) is 11.2 Å². The summed E-state index contributed by atoms with van der Waals surface area (Å²) in [7, 11) is 3.21. The van der Waals surface area contributed by atoms with Crippen LogP contribution in [0.3, 0.4) is 0 Å². The molecule has 0 amide bonds. The molecule has 1 aromatic carbocycles. The summed E-state index contributed by atoms with van der Waals surface area (Å²) in [6.07, 6.45) is 1.62. The maximum absolute atomic E-state index is 12.8. The Morgan fingerprint density at radius 3 is 2.76 bits per heavy atom. The fraction of sp³-hybridized carbons (Fsp3) is 0.450. The number of rotatable bonds is 9. The lowest BCUT2D eigenvalue weighted by Gasteiger charge is -2.08. The molecule has 9 heteroatoms. The van der Waals surface area contributed by atoms with Crippen LogP contribution < -0.4 is 21.3 Å². The summed E-state index contributed by atoms with van der Waals surface area (Å²) in [4.78, 5) is 32.8. The molecule has 2 heterocycles. The van der Waals surface area contributed by atoms with Crippen LogP contribution in [0.2, 0.25) is 0 Å². The highest BCUT2D eigenvalue weighted by Crippen LogP contribution is 2.18. The Hall–Kier alpha value is -3.07. The van der Waals surface area contributed by atoms with E-state index in [2.05, 4.69) is 15.3 Å². The topological polar surface area (TPSA) is 114 Å². The molecule has 9 nitrogen and oxygen atoms in total. The predicted molar refractivity (Wildman–Crippen MR) is 111 cm³/mol. The molecule has 1 atom stereocenters. The van der Waals surface area contributed by atoms with Gasteiger partial charge in [-0.2, -0.15) is 4.98 Å². The van der Waals surface area contributed by atoms with E-state index in [0.717, 1.165) is 17.7 Å². The molecule has 156 valence electrons. The Kier molecular flexibility index (Phi) is 6.38. The summed E-state index contributed by atoms with van der Waals surface area (Å²) in [6.45, 7) is 2.48. The highest BCUT2D eigenvalue weighted by molar-refractivity contribution is 5.72. The molecular formula is C20H27N5O4. The first-order chi connectivity index (χ1) is 13.9. The maximum atomic E-state index is 12.8. The standard InChI is InChI=1S/C20H27N5O4/c1-13(26)8-6-7-11-25-18(27)16-17(24(2)20(25)28)23-19(22-16)21-12-14-9-4-5-10-15(14)29-3/h4-5,9-10,13,26H,6-8,11-12H2,1-3H3,(H2,21,22,23). The van der Waals surface area contributed by atoms with E-state index >= 15 is 0 Å². The number of anilines is 1. The summed E-state index contributed by atoms with van der Waals surface area (Å²) in [5.41, 5.74) is 0.744. The third kappa shape index (κ3) is 4.51. The molecule has 0 bridgehead atoms. The molecule has 0 aliphatic carbocycles. The Morgan fingerprint density at radius 2 is 2.03 bits per heavy atom. The zero-order valence-corrected chi connectivity index (χ0v) is 16.9. The van der Waals surface area contributed by atoms with Crippen LogP contribution in [0.5, 0.6) is 5.75 Å². The number of unbranched alkanes of at least 4 members (excludes halogenated alkanes) is 1. The fourth-order valence-electron chi connectivity index (χ4n) is 3.27. The minimum atomic E-state index is -0.401. The molecule has 0 saturated carbocycles. The number of aliphatic hydroxyl groups excluding tert-OH is 1. The second-order valence-electron chi connectivity index (χ2n) is 7.09. The van der Waals surface area contributed by atoms with Crippen molar-refractivity contribution in [3.63, 3.8) is 0 Å². The van der Waals surface area contributed by atoms with Gasteiger partial charge in [-0.05, 0) is 32.3 Å². The predicted octanol–water partition coefficient (Wildman–Crippen LogP) is 1.60. The van der Waals surface area contributed by atoms with Gasteiger partial charge in [0.25, 0.3) is 5.56 Å². The molecular weight excluding hydrogens is 374 g/mol. The smallest absolute Gasteiger partial charge is 0.332 e. The van der Waals surface area contributed by atoms with Crippen LogP contribution in [0.25, 0.3) is 11.2 Å². The van der Waals surface area contributed by atoms with Gasteiger partial charge < -0.3 is 20.1 Å². The number of hydrogen-bond donors (Lipinski definition) is 3. The number of imidazole rings is 1. The molecule has 0 saturated heterocycles. The summed E-state index contributed by atoms with van der Waals surface area (Å²) in [5, 5.41) is 12.5. The van der Waals surface area contributed by atoms with Crippen molar-refractivity contribution in [3.05, 3.63) is 50.7 Å². The molecule has 29 heavy (non-hydrogen) atoms. The molecule has 0 fully saturated rings. The van der Waals surface area contributed by atoms with Crippen LogP contribution in [0, 0.1) is 0 Å². The van der Waals surface area contributed by atoms with Gasteiger partial charge >= 0.3 is 5.69 Å². The molecule has 3 rings (SSSR count). The minimum absolute atomic E-state index is 0.283. The number of aryl methyl sites for hydroxylation is 1. The number of nitrogens with zero attached hydrogens (tertiary/aromatic N) is 3. The van der Waals surface area contributed by atoms with Crippen LogP contribution in [0.15, 0.2) is 33.9 Å². The van der Waals surface area contributed by atoms with Gasteiger partial charge in [-0.15, -0.1) is 0 Å². The molecule has 3 aromatic rings. The van der Waals surface area contributed by atoms with Crippen molar-refractivity contribution < 1.29 is 9.84 Å². The number of methoxy groups -OCH3 is 1. The van der Waals surface area contributed by atoms with Gasteiger partial charge in [0.05, 0.1) is 13.2 Å². The second kappa shape index (κ2) is 8.95. The van der Waals surface area contributed by atoms with Crippen molar-refractivity contribution in [1.29, 1.82) is 0 Å². The lowest BCUT2D eigenvalue weighted by atomic mass is 10.2. The largest absolute Gasteiger partial charge is 0.496 e. The maximum Gasteiger partial charge on any atom is 0.332 e. The first-order valence-electron chi connectivity index (χ1n) is 9.65. The number of benzene rings is 1. The molecule has 0 aliphatic heterocycles. The number of aliphatic hydroxyl groups is 1. The van der Waals surface area contributed by atoms with Crippen molar-refractivity contribution in [2.45, 2.75) is 45.4 Å². The summed E-state index contributed by atoms with van der Waals surface area (Å²) in [6, 6.07) is 7.61. The lowest BCUT2D eigenvalue weighted by molar-refractivity contribution is 0.180. The van der Waals surface area contributed by atoms with E-state index in [-0.39, 0.29) is 11.6 Å². The van der Waals surface area contributed by atoms with E-state index in [9.17, 15) is 14.7 Å². The zero-order chi connectivity index (χ0) is 21.0. The van der Waals surface area contributed by atoms with Crippen LogP contribution in [-0.4, -0.2) is 37.4 Å². The number of aromatic nitrogens is 4. The zero-order valence-electron chi connectivity index (χ0n) is 16.9. The van der Waals surface area contributed by atoms with Crippen molar-refractivity contribution in [2.24, 2.45) is 7.05 Å². The van der Waals surface area contributed by atoms with Gasteiger partial charge in [0.2, 0.25) is 5.95 Å². The van der Waals surface area contributed by atoms with Crippen LogP contribution in [0.1, 0.15) is 31.7 Å². The van der Waals surface area contributed by atoms with Crippen molar-refractivity contribution >= 4 is 17.1 Å². The average Bonchev–Trinajstić information content (AvgIpc) is 3.14. The normalized spacial score (nSPS) is 12.3. The Morgan fingerprint density at radius 1 is 1.28 bits per heavy atom. The fourth-order valence-corrected chi connectivity index (χ4v) is 3.27. The van der Waals surface area contributed by atoms with E-state index < -0.39 is 11.2 Å². The van der Waals surface area contributed by atoms with Crippen LogP contribution in [-0.2, 0) is 20.1 Å². The van der Waals surface area contributed by atoms with Gasteiger partial charge in [0, 0.05) is 25.7 Å². The number of nitrogens with one attached hydrogen (secondary N) is 2. The number of para-hydroxylation sites is 1. The van der Waals surface area contributed by atoms with Crippen molar-refractivity contribution in [1.82, 2.24) is 19.1 Å². The average molecular weight is 401 g/mol. The van der Waals surface area contributed by atoms with E-state index in [4.69, 9.17) is 4.74 Å². The number of aromatic amines is 1. The number of hydrogen-bond acceptors (Lipinski definition) is 6. The summed E-state index contributed by atoms with van der Waals surface area (Å²) >= 11 is 0. The van der Waals surface area contributed by atoms with Crippen LogP contribution in [0.4, 0.5) is 5.95 Å². The van der Waals surface area contributed by atoms with Gasteiger partial charge in [0.1, 0.15) is 5.75 Å². The SMILES string of the molecule is COc1ccccc1CNc1nc2c([nH]1)c(=O)n(CCCCC(C)O)c(=O)n2C. The van der Waals surface area contributed by atoms with Gasteiger partial charge in [-0.1, -0.05) is 18.2 Å². The quantitative estimate of drug-likeness (QED) is 0.469. The third-order valence-corrected chi connectivity index (χ3v) is 4.87. The molecule has 1 unspecified atom stereocenters. The molecule has 0 spiro atoms. The molecule has 3 N–H and O–H groups in total. The number of fused-ring (bicyclic) bond motifs is 1. The molecule has 0 aliphatic rings. The van der Waals surface area contributed by atoms with E-state index in [0.29, 0.717) is 37.5 Å². The number of ether oxygens (including phenoxy) is 1. The summed E-state index contributed by atoms with van der Waals surface area (Å²) in [5.74, 6) is 1.16. The van der Waals surface area contributed by atoms with Gasteiger partial charge in [-0.25, -0.2) is 4.79 Å². The second-order valence-corrected chi connectivity index (χ2v) is 7.09. The Balaban J connectivity index is 1.83. The Bertz CT molecular complexity index is 1100.